The van der Waals surface area contributed by atoms with Crippen molar-refractivity contribution in [3.8, 4) is 23.0 Å². The third-order valence-electron chi connectivity index (χ3n) is 7.24. The summed E-state index contributed by atoms with van der Waals surface area (Å²) in [6.07, 6.45) is 0. The van der Waals surface area contributed by atoms with Crippen LogP contribution in [0.4, 0.5) is 17.1 Å². The predicted molar refractivity (Wildman–Crippen MR) is 139 cm³/mol. The molecular weight excluding hydrogens is 457 g/mol. The molecule has 36 heavy (non-hydrogen) atoms. The number of anilines is 3. The summed E-state index contributed by atoms with van der Waals surface area (Å²) in [5, 5.41) is 0. The van der Waals surface area contributed by atoms with Crippen LogP contribution in [-0.2, 0) is 9.31 Å². The Morgan fingerprint density at radius 3 is 1.44 bits per heavy atom. The second kappa shape index (κ2) is 8.64. The van der Waals surface area contributed by atoms with E-state index in [4.69, 9.17) is 28.3 Å². The monoisotopic (exact) mass is 487 g/mol. The summed E-state index contributed by atoms with van der Waals surface area (Å²) in [6.45, 7) is 10.4. The molecule has 3 heterocycles. The van der Waals surface area contributed by atoms with Crippen LogP contribution in [0.15, 0.2) is 60.7 Å². The molecular formula is C28H30BNO6. The molecule has 3 aromatic carbocycles. The number of hydrogen-bond acceptors (Lipinski definition) is 7. The number of hydrogen-bond donors (Lipinski definition) is 0. The Balaban J connectivity index is 1.38. The molecule has 8 heteroatoms. The Bertz CT molecular complexity index is 1200. The second-order valence-electron chi connectivity index (χ2n) is 10.2. The zero-order valence-corrected chi connectivity index (χ0v) is 21.1. The van der Waals surface area contributed by atoms with Gasteiger partial charge in [0.05, 0.1) is 22.6 Å². The van der Waals surface area contributed by atoms with Crippen molar-refractivity contribution in [1.29, 1.82) is 0 Å². The summed E-state index contributed by atoms with van der Waals surface area (Å²) in [5.41, 5.74) is 3.06. The van der Waals surface area contributed by atoms with Gasteiger partial charge in [-0.25, -0.2) is 0 Å². The summed E-state index contributed by atoms with van der Waals surface area (Å²) in [5.74, 6) is 2.97. The van der Waals surface area contributed by atoms with Crippen LogP contribution in [0.5, 0.6) is 23.0 Å². The van der Waals surface area contributed by atoms with Crippen LogP contribution in [0, 0.1) is 0 Å². The fourth-order valence-electron chi connectivity index (χ4n) is 4.55. The van der Waals surface area contributed by atoms with Gasteiger partial charge >= 0.3 is 7.12 Å². The fraction of sp³-hybridized carbons (Fsp3) is 0.357. The topological polar surface area (TPSA) is 58.6 Å². The summed E-state index contributed by atoms with van der Waals surface area (Å²) < 4.78 is 35.7. The van der Waals surface area contributed by atoms with Gasteiger partial charge in [-0.2, -0.15) is 0 Å². The van der Waals surface area contributed by atoms with Gasteiger partial charge in [0.25, 0.3) is 0 Å². The van der Waals surface area contributed by atoms with Gasteiger partial charge in [-0.1, -0.05) is 12.1 Å². The lowest BCUT2D eigenvalue weighted by Gasteiger charge is -2.32. The largest absolute Gasteiger partial charge is 0.494 e. The first-order valence-corrected chi connectivity index (χ1v) is 12.4. The number of benzene rings is 3. The van der Waals surface area contributed by atoms with Crippen molar-refractivity contribution in [1.82, 2.24) is 0 Å². The van der Waals surface area contributed by atoms with Gasteiger partial charge in [0.15, 0.2) is 23.0 Å². The molecule has 0 saturated carbocycles. The molecule has 0 unspecified atom stereocenters. The van der Waals surface area contributed by atoms with Crippen molar-refractivity contribution in [2.24, 2.45) is 0 Å². The molecule has 0 aromatic heterocycles. The van der Waals surface area contributed by atoms with E-state index >= 15 is 0 Å². The van der Waals surface area contributed by atoms with E-state index in [1.807, 2.05) is 36.4 Å². The lowest BCUT2D eigenvalue weighted by Crippen LogP contribution is -2.41. The van der Waals surface area contributed by atoms with Crippen LogP contribution in [0.2, 0.25) is 0 Å². The van der Waals surface area contributed by atoms with Crippen molar-refractivity contribution >= 4 is 29.6 Å². The molecule has 3 aliphatic rings. The molecule has 0 spiro atoms. The minimum Gasteiger partial charge on any atom is -0.486 e. The molecule has 0 amide bonds. The molecule has 7 nitrogen and oxygen atoms in total. The Morgan fingerprint density at radius 2 is 0.972 bits per heavy atom. The Morgan fingerprint density at radius 1 is 0.556 bits per heavy atom. The number of ether oxygens (including phenoxy) is 4. The standard InChI is InChI=1S/C28H30BNO6/c1-27(2)28(3,4)36-29(35-27)19-5-7-20(8-6-19)30(21-9-11-23-25(17-21)33-15-13-31-23)22-10-12-24-26(18-22)34-16-14-32-24/h5-12,17-18H,13-16H2,1-4H3. The number of rotatable bonds is 4. The zero-order valence-electron chi connectivity index (χ0n) is 21.1. The molecule has 0 atom stereocenters. The van der Waals surface area contributed by atoms with Crippen molar-refractivity contribution in [3.63, 3.8) is 0 Å². The zero-order chi connectivity index (χ0) is 24.9. The molecule has 6 rings (SSSR count). The molecule has 1 saturated heterocycles. The van der Waals surface area contributed by atoms with E-state index in [1.165, 1.54) is 0 Å². The molecule has 0 N–H and O–H groups in total. The third kappa shape index (κ3) is 4.04. The molecule has 1 fully saturated rings. The minimum atomic E-state index is -0.416. The van der Waals surface area contributed by atoms with Gasteiger partial charge in [0.1, 0.15) is 26.4 Å². The Hall–Kier alpha value is -3.36. The first-order valence-electron chi connectivity index (χ1n) is 12.4. The highest BCUT2D eigenvalue weighted by Crippen LogP contribution is 2.43. The van der Waals surface area contributed by atoms with Crippen molar-refractivity contribution < 1.29 is 28.3 Å². The average Bonchev–Trinajstić information content (AvgIpc) is 3.11. The predicted octanol–water partition coefficient (Wildman–Crippen LogP) is 5.00. The summed E-state index contributed by atoms with van der Waals surface area (Å²) in [7, 11) is -0.416. The van der Waals surface area contributed by atoms with Crippen LogP contribution in [0.25, 0.3) is 0 Å². The summed E-state index contributed by atoms with van der Waals surface area (Å²) >= 11 is 0. The third-order valence-corrected chi connectivity index (χ3v) is 7.24. The van der Waals surface area contributed by atoms with Crippen molar-refractivity contribution in [2.75, 3.05) is 31.3 Å². The number of nitrogens with zero attached hydrogens (tertiary/aromatic N) is 1. The van der Waals surface area contributed by atoms with Crippen LogP contribution < -0.4 is 29.3 Å². The van der Waals surface area contributed by atoms with Gasteiger partial charge in [-0.15, -0.1) is 0 Å². The first kappa shape index (κ1) is 23.1. The molecule has 186 valence electrons. The van der Waals surface area contributed by atoms with Gasteiger partial charge < -0.3 is 33.2 Å². The van der Waals surface area contributed by atoms with Gasteiger partial charge in [-0.05, 0) is 69.6 Å². The highest BCUT2D eigenvalue weighted by atomic mass is 16.7. The first-order chi connectivity index (χ1) is 17.3. The highest BCUT2D eigenvalue weighted by molar-refractivity contribution is 6.62. The van der Waals surface area contributed by atoms with Gasteiger partial charge in [0.2, 0.25) is 0 Å². The highest BCUT2D eigenvalue weighted by Gasteiger charge is 2.51. The quantitative estimate of drug-likeness (QED) is 0.481. The summed E-state index contributed by atoms with van der Waals surface area (Å²) in [4.78, 5) is 2.16. The second-order valence-corrected chi connectivity index (χ2v) is 10.2. The van der Waals surface area contributed by atoms with Gasteiger partial charge in [0, 0.05) is 17.8 Å². The fourth-order valence-corrected chi connectivity index (χ4v) is 4.55. The van der Waals surface area contributed by atoms with E-state index < -0.39 is 18.3 Å². The van der Waals surface area contributed by atoms with E-state index in [1.54, 1.807) is 0 Å². The van der Waals surface area contributed by atoms with Crippen LogP contribution in [0.1, 0.15) is 27.7 Å². The normalized spacial score (nSPS) is 19.2. The Kier molecular flexibility index (Phi) is 5.54. The average molecular weight is 487 g/mol. The van der Waals surface area contributed by atoms with Crippen molar-refractivity contribution in [3.05, 3.63) is 60.7 Å². The van der Waals surface area contributed by atoms with Crippen LogP contribution >= 0.6 is 0 Å². The molecule has 3 aliphatic heterocycles. The minimum absolute atomic E-state index is 0.390. The molecule has 3 aromatic rings. The lowest BCUT2D eigenvalue weighted by molar-refractivity contribution is 0.00578. The van der Waals surface area contributed by atoms with Crippen LogP contribution in [-0.4, -0.2) is 44.7 Å². The van der Waals surface area contributed by atoms with E-state index in [2.05, 4.69) is 56.9 Å². The van der Waals surface area contributed by atoms with Crippen LogP contribution in [0.3, 0.4) is 0 Å². The summed E-state index contributed by atoms with van der Waals surface area (Å²) in [6, 6.07) is 20.3. The number of fused-ring (bicyclic) bond motifs is 2. The van der Waals surface area contributed by atoms with Gasteiger partial charge in [-0.3, -0.25) is 0 Å². The van der Waals surface area contributed by atoms with E-state index in [-0.39, 0.29) is 0 Å². The SMILES string of the molecule is CC1(C)OB(c2ccc(N(c3ccc4c(c3)OCCO4)c3ccc4c(c3)OCCO4)cc2)OC1(C)C. The van der Waals surface area contributed by atoms with Crippen molar-refractivity contribution in [2.45, 2.75) is 38.9 Å². The maximum Gasteiger partial charge on any atom is 0.494 e. The maximum absolute atomic E-state index is 6.25. The van der Waals surface area contributed by atoms with E-state index in [9.17, 15) is 0 Å². The Labute approximate surface area is 212 Å². The lowest BCUT2D eigenvalue weighted by atomic mass is 9.79. The molecule has 0 aliphatic carbocycles. The maximum atomic E-state index is 6.25. The molecule has 0 bridgehead atoms. The van der Waals surface area contributed by atoms with E-state index in [0.29, 0.717) is 26.4 Å². The molecule has 0 radical (unpaired) electrons. The van der Waals surface area contributed by atoms with E-state index in [0.717, 1.165) is 45.5 Å². The smallest absolute Gasteiger partial charge is 0.486 e.